The largest absolute Gasteiger partial charge is 0.434 e. The highest BCUT2D eigenvalue weighted by molar-refractivity contribution is 5.15. The Morgan fingerprint density at radius 2 is 2.13 bits per heavy atom. The van der Waals surface area contributed by atoms with Crippen LogP contribution in [0.1, 0.15) is 29.2 Å². The molecule has 126 valence electrons. The van der Waals surface area contributed by atoms with Gasteiger partial charge in [-0.15, -0.1) is 0 Å². The van der Waals surface area contributed by atoms with E-state index in [1.54, 1.807) is 9.25 Å². The molecule has 0 bridgehead atoms. The maximum absolute atomic E-state index is 12.7. The minimum absolute atomic E-state index is 0.315. The first kappa shape index (κ1) is 16.0. The van der Waals surface area contributed by atoms with Crippen LogP contribution in [0.3, 0.4) is 0 Å². The van der Waals surface area contributed by atoms with Crippen molar-refractivity contribution in [1.82, 2.24) is 24.6 Å². The van der Waals surface area contributed by atoms with Gasteiger partial charge >= 0.3 is 6.18 Å². The SMILES string of the molecule is Cc1nn(C)cc1CNCC1CCc2nc(C(F)(F)F)cn2C1. The molecule has 0 aliphatic carbocycles. The topological polar surface area (TPSA) is 47.7 Å². The van der Waals surface area contributed by atoms with Crippen LogP contribution in [0.5, 0.6) is 0 Å². The molecule has 3 heterocycles. The molecule has 1 atom stereocenters. The molecule has 0 radical (unpaired) electrons. The van der Waals surface area contributed by atoms with Crippen LogP contribution in [-0.4, -0.2) is 25.9 Å². The summed E-state index contributed by atoms with van der Waals surface area (Å²) >= 11 is 0. The molecule has 0 saturated carbocycles. The fourth-order valence-electron chi connectivity index (χ4n) is 3.05. The maximum atomic E-state index is 12.7. The second-order valence-electron chi connectivity index (χ2n) is 6.14. The lowest BCUT2D eigenvalue weighted by molar-refractivity contribution is -0.141. The molecule has 3 rings (SSSR count). The van der Waals surface area contributed by atoms with E-state index >= 15 is 0 Å². The lowest BCUT2D eigenvalue weighted by Crippen LogP contribution is -2.29. The maximum Gasteiger partial charge on any atom is 0.434 e. The van der Waals surface area contributed by atoms with Crippen LogP contribution >= 0.6 is 0 Å². The van der Waals surface area contributed by atoms with Gasteiger partial charge in [0.25, 0.3) is 0 Å². The fraction of sp³-hybridized carbons (Fsp3) is 0.600. The van der Waals surface area contributed by atoms with Gasteiger partial charge in [0, 0.05) is 44.5 Å². The van der Waals surface area contributed by atoms with Crippen molar-refractivity contribution in [2.75, 3.05) is 6.54 Å². The predicted molar refractivity (Wildman–Crippen MR) is 78.7 cm³/mol. The number of fused-ring (bicyclic) bond motifs is 1. The monoisotopic (exact) mass is 327 g/mol. The minimum atomic E-state index is -4.37. The highest BCUT2D eigenvalue weighted by Gasteiger charge is 2.35. The number of nitrogens with zero attached hydrogens (tertiary/aromatic N) is 4. The number of hydrogen-bond donors (Lipinski definition) is 1. The van der Waals surface area contributed by atoms with Crippen LogP contribution in [-0.2, 0) is 32.7 Å². The third-order valence-corrected chi connectivity index (χ3v) is 4.24. The van der Waals surface area contributed by atoms with E-state index in [1.165, 1.54) is 0 Å². The zero-order chi connectivity index (χ0) is 16.6. The third kappa shape index (κ3) is 3.57. The first-order chi connectivity index (χ1) is 10.8. The summed E-state index contributed by atoms with van der Waals surface area (Å²) in [5.41, 5.74) is 1.36. The summed E-state index contributed by atoms with van der Waals surface area (Å²) in [4.78, 5) is 3.71. The van der Waals surface area contributed by atoms with Gasteiger partial charge in [-0.3, -0.25) is 4.68 Å². The number of rotatable bonds is 4. The van der Waals surface area contributed by atoms with E-state index in [0.29, 0.717) is 24.7 Å². The van der Waals surface area contributed by atoms with Crippen LogP contribution in [0.4, 0.5) is 13.2 Å². The number of hydrogen-bond acceptors (Lipinski definition) is 3. The summed E-state index contributed by atoms with van der Waals surface area (Å²) in [6.07, 6.45) is 0.192. The third-order valence-electron chi connectivity index (χ3n) is 4.24. The van der Waals surface area contributed by atoms with Crippen LogP contribution in [0.25, 0.3) is 0 Å². The van der Waals surface area contributed by atoms with E-state index < -0.39 is 11.9 Å². The molecule has 0 spiro atoms. The van der Waals surface area contributed by atoms with Gasteiger partial charge in [0.15, 0.2) is 5.69 Å². The zero-order valence-electron chi connectivity index (χ0n) is 13.2. The van der Waals surface area contributed by atoms with E-state index in [2.05, 4.69) is 15.4 Å². The molecule has 0 fully saturated rings. The predicted octanol–water partition coefficient (Wildman–Crippen LogP) is 2.30. The van der Waals surface area contributed by atoms with E-state index in [9.17, 15) is 13.2 Å². The number of nitrogens with one attached hydrogen (secondary N) is 1. The van der Waals surface area contributed by atoms with Gasteiger partial charge in [-0.1, -0.05) is 0 Å². The molecular weight excluding hydrogens is 307 g/mol. The molecular formula is C15H20F3N5. The molecule has 1 unspecified atom stereocenters. The zero-order valence-corrected chi connectivity index (χ0v) is 13.2. The molecule has 5 nitrogen and oxygen atoms in total. The first-order valence-electron chi connectivity index (χ1n) is 7.66. The van der Waals surface area contributed by atoms with E-state index in [1.807, 2.05) is 20.2 Å². The Morgan fingerprint density at radius 3 is 2.78 bits per heavy atom. The highest BCUT2D eigenvalue weighted by atomic mass is 19.4. The smallest absolute Gasteiger partial charge is 0.334 e. The number of halogens is 3. The molecule has 0 saturated heterocycles. The van der Waals surface area contributed by atoms with Crippen LogP contribution < -0.4 is 5.32 Å². The summed E-state index contributed by atoms with van der Waals surface area (Å²) < 4.78 is 41.5. The van der Waals surface area contributed by atoms with Crippen LogP contribution in [0.15, 0.2) is 12.4 Å². The molecule has 2 aromatic rings. The standard InChI is InChI=1S/C15H20F3N5/c1-10-12(8-22(2)21-10)6-19-5-11-3-4-14-20-13(15(16,17)18)9-23(14)7-11/h8-9,11,19H,3-7H2,1-2H3. The van der Waals surface area contributed by atoms with Crippen molar-refractivity contribution in [3.8, 4) is 0 Å². The molecule has 0 amide bonds. The Bertz CT molecular complexity index is 686. The first-order valence-corrected chi connectivity index (χ1v) is 7.66. The van der Waals surface area contributed by atoms with Gasteiger partial charge in [-0.05, 0) is 25.8 Å². The molecule has 0 aromatic carbocycles. The molecule has 2 aromatic heterocycles. The molecule has 1 N–H and O–H groups in total. The van der Waals surface area contributed by atoms with E-state index in [4.69, 9.17) is 0 Å². The number of aromatic nitrogens is 4. The summed E-state index contributed by atoms with van der Waals surface area (Å²) in [6.45, 7) is 4.04. The van der Waals surface area contributed by atoms with Crippen LogP contribution in [0, 0.1) is 12.8 Å². The Morgan fingerprint density at radius 1 is 1.35 bits per heavy atom. The summed E-state index contributed by atoms with van der Waals surface area (Å²) in [6, 6.07) is 0. The van der Waals surface area contributed by atoms with E-state index in [0.717, 1.165) is 37.0 Å². The number of alkyl halides is 3. The van der Waals surface area contributed by atoms with Gasteiger partial charge in [0.2, 0.25) is 0 Å². The van der Waals surface area contributed by atoms with Crippen LogP contribution in [0.2, 0.25) is 0 Å². The Balaban J connectivity index is 1.55. The molecule has 1 aliphatic rings. The highest BCUT2D eigenvalue weighted by Crippen LogP contribution is 2.30. The fourth-order valence-corrected chi connectivity index (χ4v) is 3.05. The number of aryl methyl sites for hydroxylation is 3. The van der Waals surface area contributed by atoms with Crippen molar-refractivity contribution < 1.29 is 13.2 Å². The van der Waals surface area contributed by atoms with Crippen molar-refractivity contribution in [1.29, 1.82) is 0 Å². The molecule has 8 heteroatoms. The van der Waals surface area contributed by atoms with Crippen molar-refractivity contribution in [2.45, 2.75) is 39.0 Å². The Kier molecular flexibility index (Phi) is 4.18. The average molecular weight is 327 g/mol. The minimum Gasteiger partial charge on any atom is -0.334 e. The van der Waals surface area contributed by atoms with Crippen molar-refractivity contribution >= 4 is 0 Å². The average Bonchev–Trinajstić information content (AvgIpc) is 3.01. The van der Waals surface area contributed by atoms with Gasteiger partial charge in [-0.2, -0.15) is 18.3 Å². The summed E-state index contributed by atoms with van der Waals surface area (Å²) in [5, 5.41) is 7.67. The Hall–Kier alpha value is -1.83. The van der Waals surface area contributed by atoms with Crippen molar-refractivity contribution in [2.24, 2.45) is 13.0 Å². The second-order valence-corrected chi connectivity index (χ2v) is 6.14. The Labute approximate surface area is 132 Å². The summed E-state index contributed by atoms with van der Waals surface area (Å²) in [7, 11) is 1.89. The van der Waals surface area contributed by atoms with Gasteiger partial charge in [0.1, 0.15) is 5.82 Å². The normalized spacial score (nSPS) is 18.2. The lowest BCUT2D eigenvalue weighted by Gasteiger charge is -2.23. The molecule has 1 aliphatic heterocycles. The van der Waals surface area contributed by atoms with Gasteiger partial charge in [0.05, 0.1) is 5.69 Å². The van der Waals surface area contributed by atoms with Gasteiger partial charge < -0.3 is 9.88 Å². The summed E-state index contributed by atoms with van der Waals surface area (Å²) in [5.74, 6) is 0.853. The van der Waals surface area contributed by atoms with Gasteiger partial charge in [-0.25, -0.2) is 4.98 Å². The number of imidazole rings is 1. The quantitative estimate of drug-likeness (QED) is 0.937. The van der Waals surface area contributed by atoms with Crippen molar-refractivity contribution in [3.05, 3.63) is 35.2 Å². The lowest BCUT2D eigenvalue weighted by atomic mass is 9.99. The van der Waals surface area contributed by atoms with E-state index in [-0.39, 0.29) is 0 Å². The van der Waals surface area contributed by atoms with Crippen molar-refractivity contribution in [3.63, 3.8) is 0 Å². The molecule has 23 heavy (non-hydrogen) atoms. The second kappa shape index (κ2) is 5.99.